The Hall–Kier alpha value is -2.64. The lowest BCUT2D eigenvalue weighted by Crippen LogP contribution is -2.69. The topological polar surface area (TPSA) is 195 Å². The maximum absolute atomic E-state index is 14.1. The second kappa shape index (κ2) is 23.7. The lowest BCUT2D eigenvalue weighted by Gasteiger charge is -2.54. The zero-order valence-corrected chi connectivity index (χ0v) is 37.8. The van der Waals surface area contributed by atoms with E-state index in [0.717, 1.165) is 6.42 Å². The maximum Gasteiger partial charge on any atom is 0.309 e. The molecule has 0 radical (unpaired) electrons. The van der Waals surface area contributed by atoms with E-state index in [-0.39, 0.29) is 31.5 Å². The Morgan fingerprint density at radius 3 is 2.35 bits per heavy atom. The van der Waals surface area contributed by atoms with Crippen LogP contribution in [0.25, 0.3) is 0 Å². The minimum atomic E-state index is -1.63. The Morgan fingerprint density at radius 2 is 1.75 bits per heavy atom. The number of allylic oxidation sites excluding steroid dienone is 3. The molecule has 0 aromatic heterocycles. The molecule has 0 amide bonds. The number of rotatable bonds is 15. The van der Waals surface area contributed by atoms with E-state index in [1.165, 1.54) is 27.3 Å². The summed E-state index contributed by atoms with van der Waals surface area (Å²) < 4.78 is 54.6. The molecule has 2 saturated heterocycles. The number of hydroxylamine groups is 3. The molecule has 0 bridgehead atoms. The summed E-state index contributed by atoms with van der Waals surface area (Å²) in [7, 11) is 5.70. The molecule has 0 aliphatic carbocycles. The second-order valence-corrected chi connectivity index (χ2v) is 17.6. The van der Waals surface area contributed by atoms with E-state index in [4.69, 9.17) is 42.6 Å². The van der Waals surface area contributed by atoms with Crippen molar-refractivity contribution in [3.63, 3.8) is 0 Å². The molecular formula is C44H73NO15. The molecule has 3 aliphatic rings. The van der Waals surface area contributed by atoms with Crippen molar-refractivity contribution >= 4 is 24.0 Å². The van der Waals surface area contributed by atoms with Crippen LogP contribution in [0.3, 0.4) is 0 Å². The quantitative estimate of drug-likeness (QED) is 0.103. The van der Waals surface area contributed by atoms with Crippen molar-refractivity contribution in [2.24, 2.45) is 17.8 Å². The van der Waals surface area contributed by atoms with Gasteiger partial charge in [0.05, 0.1) is 44.4 Å². The van der Waals surface area contributed by atoms with Crippen LogP contribution in [0, 0.1) is 23.0 Å². The molecule has 16 nitrogen and oxygen atoms in total. The molecule has 0 aromatic carbocycles. The minimum absolute atomic E-state index is 0.0231. The highest BCUT2D eigenvalue weighted by atomic mass is 16.7. The highest BCUT2D eigenvalue weighted by Gasteiger charge is 2.55. The third kappa shape index (κ3) is 14.5. The van der Waals surface area contributed by atoms with Gasteiger partial charge in [0.1, 0.15) is 42.8 Å². The first-order valence-electron chi connectivity index (χ1n) is 21.4. The minimum Gasteiger partial charge on any atom is -0.633 e. The third-order valence-electron chi connectivity index (χ3n) is 11.7. The van der Waals surface area contributed by atoms with Crippen molar-refractivity contribution in [3.8, 4) is 0 Å². The average Bonchev–Trinajstić information content (AvgIpc) is 3.15. The van der Waals surface area contributed by atoms with Crippen LogP contribution in [0.4, 0.5) is 0 Å². The second-order valence-electron chi connectivity index (χ2n) is 17.6. The Balaban J connectivity index is 2.04. The van der Waals surface area contributed by atoms with Gasteiger partial charge < -0.3 is 62.4 Å². The van der Waals surface area contributed by atoms with Crippen LogP contribution in [0.15, 0.2) is 24.3 Å². The van der Waals surface area contributed by atoms with Gasteiger partial charge in [-0.3, -0.25) is 14.4 Å². The number of ether oxygens (including phenoxy) is 9. The van der Waals surface area contributed by atoms with Gasteiger partial charge >= 0.3 is 11.9 Å². The first-order chi connectivity index (χ1) is 28.2. The maximum atomic E-state index is 14.1. The summed E-state index contributed by atoms with van der Waals surface area (Å²) in [4.78, 5) is 51.9. The largest absolute Gasteiger partial charge is 0.633 e. The van der Waals surface area contributed by atoms with Crippen molar-refractivity contribution in [1.29, 1.82) is 0 Å². The first-order valence-corrected chi connectivity index (χ1v) is 21.4. The van der Waals surface area contributed by atoms with Crippen LogP contribution in [-0.2, 0) is 61.8 Å². The summed E-state index contributed by atoms with van der Waals surface area (Å²) >= 11 is 0. The van der Waals surface area contributed by atoms with E-state index in [2.05, 4.69) is 13.8 Å². The molecule has 3 heterocycles. The van der Waals surface area contributed by atoms with Gasteiger partial charge in [-0.25, -0.2) is 0 Å². The highest BCUT2D eigenvalue weighted by Crippen LogP contribution is 2.39. The Bertz CT molecular complexity index is 1430. The monoisotopic (exact) mass is 855 g/mol. The number of esters is 2. The Kier molecular flexibility index (Phi) is 20.4. The lowest BCUT2D eigenvalue weighted by molar-refractivity contribution is -0.879. The molecule has 16 heteroatoms. The standard InChI is InChI=1S/C44H73NO15/c1-13-34(48)58-33-24-35(49)55-28(5)17-15-14-16-18-32(47)27(4)23-31(19-21-46)40(41(33)52-11)60-43-38(50)37(45(9,10)51)39(29(6)57-43)59-36-25-44(8,53-12)42(30(7)56-36)54-22-20-26(2)3/h14-16,18,21,26-31,33,36-43,50H,13,17,19-20,22-25H2,1-12H3/b15-14+,18-16+/t27-,28-,29-,30+,31+,33-,36+,37-,38-,39-,40+,41+,42+,43+,44-/m1/s1. The van der Waals surface area contributed by atoms with Crippen LogP contribution >= 0.6 is 0 Å². The fourth-order valence-electron chi connectivity index (χ4n) is 8.32. The van der Waals surface area contributed by atoms with Crippen molar-refractivity contribution in [2.45, 2.75) is 179 Å². The van der Waals surface area contributed by atoms with Gasteiger partial charge in [-0.15, -0.1) is 0 Å². The number of methoxy groups -OCH3 is 2. The van der Waals surface area contributed by atoms with Crippen LogP contribution in [0.2, 0.25) is 0 Å². The smallest absolute Gasteiger partial charge is 0.309 e. The molecular weight excluding hydrogens is 782 g/mol. The summed E-state index contributed by atoms with van der Waals surface area (Å²) in [5.41, 5.74) is -0.806. The summed E-state index contributed by atoms with van der Waals surface area (Å²) in [6.07, 6.45) is -2.93. The molecule has 2 fully saturated rings. The summed E-state index contributed by atoms with van der Waals surface area (Å²) in [5, 5.41) is 26.2. The number of aliphatic hydroxyl groups excluding tert-OH is 1. The lowest BCUT2D eigenvalue weighted by atomic mass is 9.83. The van der Waals surface area contributed by atoms with E-state index >= 15 is 0 Å². The normalized spacial score (nSPS) is 38.9. The van der Waals surface area contributed by atoms with Gasteiger partial charge in [0, 0.05) is 52.4 Å². The van der Waals surface area contributed by atoms with Gasteiger partial charge in [0.2, 0.25) is 0 Å². The number of carbonyl (C=O) groups is 4. The number of quaternary nitrogens is 1. The number of cyclic esters (lactones) is 1. The van der Waals surface area contributed by atoms with Gasteiger partial charge in [-0.1, -0.05) is 45.9 Å². The molecule has 0 spiro atoms. The summed E-state index contributed by atoms with van der Waals surface area (Å²) in [5.74, 6) is -2.48. The number of ketones is 1. The predicted octanol–water partition coefficient (Wildman–Crippen LogP) is 4.75. The van der Waals surface area contributed by atoms with E-state index in [1.807, 2.05) is 13.8 Å². The van der Waals surface area contributed by atoms with Crippen molar-refractivity contribution in [2.75, 3.05) is 34.9 Å². The summed E-state index contributed by atoms with van der Waals surface area (Å²) in [6.45, 7) is 15.3. The molecule has 15 atom stereocenters. The van der Waals surface area contributed by atoms with Crippen molar-refractivity contribution < 1.29 is 71.6 Å². The Morgan fingerprint density at radius 1 is 1.05 bits per heavy atom. The van der Waals surface area contributed by atoms with Crippen LogP contribution in [-0.4, -0.2) is 148 Å². The molecule has 3 rings (SSSR count). The van der Waals surface area contributed by atoms with E-state index in [9.17, 15) is 29.5 Å². The number of hydrogen-bond donors (Lipinski definition) is 1. The van der Waals surface area contributed by atoms with Crippen LogP contribution < -0.4 is 0 Å². The number of nitrogens with zero attached hydrogens (tertiary/aromatic N) is 1. The third-order valence-corrected chi connectivity index (χ3v) is 11.7. The van der Waals surface area contributed by atoms with Crippen LogP contribution in [0.1, 0.15) is 100 Å². The first kappa shape index (κ1) is 51.7. The number of likely N-dealkylation sites (N-methyl/N-ethyl adjacent to an activating group) is 1. The van der Waals surface area contributed by atoms with E-state index in [1.54, 1.807) is 53.0 Å². The number of hydrogen-bond acceptors (Lipinski definition) is 15. The fraction of sp³-hybridized carbons (Fsp3) is 0.818. The van der Waals surface area contributed by atoms with Gasteiger partial charge in [0.15, 0.2) is 24.5 Å². The van der Waals surface area contributed by atoms with Crippen molar-refractivity contribution in [1.82, 2.24) is 0 Å². The van der Waals surface area contributed by atoms with Gasteiger partial charge in [-0.2, -0.15) is 0 Å². The van der Waals surface area contributed by atoms with Gasteiger partial charge in [-0.05, 0) is 58.4 Å². The van der Waals surface area contributed by atoms with Gasteiger partial charge in [0.25, 0.3) is 0 Å². The predicted molar refractivity (Wildman–Crippen MR) is 220 cm³/mol. The number of carbonyl (C=O) groups excluding carboxylic acids is 4. The fourth-order valence-corrected chi connectivity index (χ4v) is 8.32. The molecule has 1 N–H and O–H groups in total. The molecule has 60 heavy (non-hydrogen) atoms. The molecule has 0 aromatic rings. The molecule has 0 saturated carbocycles. The molecule has 3 aliphatic heterocycles. The molecule has 344 valence electrons. The average molecular weight is 856 g/mol. The zero-order chi connectivity index (χ0) is 44.9. The van der Waals surface area contributed by atoms with Crippen LogP contribution in [0.5, 0.6) is 0 Å². The summed E-state index contributed by atoms with van der Waals surface area (Å²) in [6, 6.07) is -1.20. The molecule has 0 unspecified atom stereocenters. The van der Waals surface area contributed by atoms with E-state index < -0.39 is 114 Å². The van der Waals surface area contributed by atoms with Crippen molar-refractivity contribution in [3.05, 3.63) is 29.5 Å². The number of aldehydes is 1. The highest BCUT2D eigenvalue weighted by molar-refractivity contribution is 5.91. The zero-order valence-electron chi connectivity index (χ0n) is 37.8. The number of aliphatic hydroxyl groups is 1. The SMILES string of the molecule is CCC(=O)O[C@@H]1CC(=O)O[C@H](C)C/C=C/C=C/C(=O)[C@H](C)C[C@H](CC=O)[C@H](O[C@@H]2O[C@H](C)[C@@H](O[C@H]3C[C@@](C)(OC)[C@@H](OCCC(C)C)[C@H](C)O3)[C@H]([N+](C)(C)[O-])[C@H]2O)[C@H]1OC. The van der Waals surface area contributed by atoms with E-state index in [0.29, 0.717) is 25.2 Å². The Labute approximate surface area is 356 Å².